The van der Waals surface area contributed by atoms with Crippen molar-refractivity contribution in [2.24, 2.45) is 17.8 Å². The van der Waals surface area contributed by atoms with Crippen LogP contribution in [-0.2, 0) is 4.79 Å². The van der Waals surface area contributed by atoms with E-state index in [1.165, 1.54) is 25.7 Å². The molecule has 5 nitrogen and oxygen atoms in total. The minimum Gasteiger partial charge on any atom is -0.481 e. The molecule has 0 aliphatic heterocycles. The maximum atomic E-state index is 12.0. The monoisotopic (exact) mass is 296 g/mol. The van der Waals surface area contributed by atoms with Gasteiger partial charge in [-0.05, 0) is 37.5 Å². The van der Waals surface area contributed by atoms with E-state index in [1.807, 2.05) is 0 Å². The quantitative estimate of drug-likeness (QED) is 0.746. The molecule has 0 aromatic rings. The van der Waals surface area contributed by atoms with Gasteiger partial charge < -0.3 is 15.7 Å². The summed E-state index contributed by atoms with van der Waals surface area (Å²) in [5.74, 6) is 0.102. The highest BCUT2D eigenvalue weighted by atomic mass is 16.4. The largest absolute Gasteiger partial charge is 0.481 e. The van der Waals surface area contributed by atoms with Crippen molar-refractivity contribution in [2.75, 3.05) is 6.54 Å². The standard InChI is InChI=1S/C16H28N2O3/c1-11-5-4-6-12(9-11)10-17-16(21)18-14-8-3-2-7-13(14)15(19)20/h11-14H,2-10H2,1H3,(H,19,20)(H2,17,18,21). The first-order valence-electron chi connectivity index (χ1n) is 8.33. The SMILES string of the molecule is CC1CCCC(CNC(=O)NC2CCCCC2C(=O)O)C1. The van der Waals surface area contributed by atoms with Gasteiger partial charge in [0.25, 0.3) is 0 Å². The van der Waals surface area contributed by atoms with Gasteiger partial charge in [-0.1, -0.05) is 32.6 Å². The van der Waals surface area contributed by atoms with Crippen LogP contribution in [-0.4, -0.2) is 29.7 Å². The topological polar surface area (TPSA) is 78.4 Å². The van der Waals surface area contributed by atoms with E-state index in [2.05, 4.69) is 17.6 Å². The smallest absolute Gasteiger partial charge is 0.315 e. The summed E-state index contributed by atoms with van der Waals surface area (Å²) in [6.45, 7) is 2.98. The molecular formula is C16H28N2O3. The highest BCUT2D eigenvalue weighted by Gasteiger charge is 2.31. The molecule has 2 aliphatic carbocycles. The lowest BCUT2D eigenvalue weighted by atomic mass is 9.82. The van der Waals surface area contributed by atoms with Gasteiger partial charge in [-0.2, -0.15) is 0 Å². The Hall–Kier alpha value is -1.26. The average molecular weight is 296 g/mol. The van der Waals surface area contributed by atoms with E-state index in [-0.39, 0.29) is 12.1 Å². The third kappa shape index (κ3) is 4.90. The number of aliphatic carboxylic acids is 1. The summed E-state index contributed by atoms with van der Waals surface area (Å²) < 4.78 is 0. The van der Waals surface area contributed by atoms with Gasteiger partial charge in [-0.3, -0.25) is 4.79 Å². The number of carbonyl (C=O) groups is 2. The molecule has 21 heavy (non-hydrogen) atoms. The summed E-state index contributed by atoms with van der Waals surface area (Å²) in [6, 6.07) is -0.423. The minimum atomic E-state index is -0.791. The molecule has 120 valence electrons. The van der Waals surface area contributed by atoms with Crippen molar-refractivity contribution in [3.05, 3.63) is 0 Å². The van der Waals surface area contributed by atoms with Crippen LogP contribution in [0, 0.1) is 17.8 Å². The first kappa shape index (κ1) is 16.1. The zero-order chi connectivity index (χ0) is 15.2. The van der Waals surface area contributed by atoms with Crippen LogP contribution in [0.25, 0.3) is 0 Å². The molecule has 0 aromatic heterocycles. The summed E-state index contributed by atoms with van der Waals surface area (Å²) in [4.78, 5) is 23.2. The molecule has 2 saturated carbocycles. The number of carboxylic acid groups (broad SMARTS) is 1. The summed E-state index contributed by atoms with van der Waals surface area (Å²) in [6.07, 6.45) is 8.29. The molecule has 2 aliphatic rings. The summed E-state index contributed by atoms with van der Waals surface area (Å²) in [7, 11) is 0. The van der Waals surface area contributed by atoms with Crippen LogP contribution in [0.1, 0.15) is 58.3 Å². The van der Waals surface area contributed by atoms with Crippen LogP contribution in [0.15, 0.2) is 0 Å². The predicted molar refractivity (Wildman–Crippen MR) is 81.0 cm³/mol. The van der Waals surface area contributed by atoms with E-state index in [0.29, 0.717) is 18.9 Å². The Bertz CT molecular complexity index is 373. The number of hydrogen-bond donors (Lipinski definition) is 3. The number of carbonyl (C=O) groups excluding carboxylic acids is 1. The van der Waals surface area contributed by atoms with E-state index < -0.39 is 11.9 Å². The Morgan fingerprint density at radius 1 is 1.10 bits per heavy atom. The maximum absolute atomic E-state index is 12.0. The zero-order valence-electron chi connectivity index (χ0n) is 12.9. The van der Waals surface area contributed by atoms with Crippen LogP contribution >= 0.6 is 0 Å². The number of hydrogen-bond acceptors (Lipinski definition) is 2. The van der Waals surface area contributed by atoms with Crippen LogP contribution in [0.5, 0.6) is 0 Å². The molecule has 3 N–H and O–H groups in total. The second kappa shape index (κ2) is 7.66. The molecule has 5 heteroatoms. The number of nitrogens with one attached hydrogen (secondary N) is 2. The molecule has 0 radical (unpaired) electrons. The fraction of sp³-hybridized carbons (Fsp3) is 0.875. The number of amides is 2. The van der Waals surface area contributed by atoms with Gasteiger partial charge in [0.1, 0.15) is 0 Å². The fourth-order valence-corrected chi connectivity index (χ4v) is 3.80. The van der Waals surface area contributed by atoms with E-state index in [9.17, 15) is 14.7 Å². The number of urea groups is 1. The highest BCUT2D eigenvalue weighted by Crippen LogP contribution is 2.28. The Kier molecular flexibility index (Phi) is 5.88. The lowest BCUT2D eigenvalue weighted by Gasteiger charge is -2.30. The second-order valence-corrected chi connectivity index (χ2v) is 6.83. The van der Waals surface area contributed by atoms with Crippen LogP contribution in [0.4, 0.5) is 4.79 Å². The van der Waals surface area contributed by atoms with Crippen molar-refractivity contribution in [3.8, 4) is 0 Å². The van der Waals surface area contributed by atoms with Crippen molar-refractivity contribution in [1.82, 2.24) is 10.6 Å². The molecule has 0 aromatic carbocycles. The van der Waals surface area contributed by atoms with Gasteiger partial charge in [0.05, 0.1) is 5.92 Å². The van der Waals surface area contributed by atoms with Crippen molar-refractivity contribution in [2.45, 2.75) is 64.3 Å². The molecular weight excluding hydrogens is 268 g/mol. The molecule has 4 atom stereocenters. The molecule has 0 heterocycles. The minimum absolute atomic E-state index is 0.202. The molecule has 0 spiro atoms. The fourth-order valence-electron chi connectivity index (χ4n) is 3.80. The molecule has 0 saturated heterocycles. The molecule has 2 fully saturated rings. The Morgan fingerprint density at radius 3 is 2.57 bits per heavy atom. The Balaban J connectivity index is 1.74. The first-order valence-corrected chi connectivity index (χ1v) is 8.33. The zero-order valence-corrected chi connectivity index (χ0v) is 12.9. The molecule has 2 amide bonds. The summed E-state index contributed by atoms with van der Waals surface area (Å²) in [5, 5.41) is 15.0. The van der Waals surface area contributed by atoms with Gasteiger partial charge in [-0.25, -0.2) is 4.79 Å². The normalized spacial score (nSPS) is 33.2. The van der Waals surface area contributed by atoms with Crippen molar-refractivity contribution < 1.29 is 14.7 Å². The molecule has 2 rings (SSSR count). The van der Waals surface area contributed by atoms with Crippen molar-refractivity contribution >= 4 is 12.0 Å². The van der Waals surface area contributed by atoms with Crippen LogP contribution < -0.4 is 10.6 Å². The van der Waals surface area contributed by atoms with Crippen molar-refractivity contribution in [3.63, 3.8) is 0 Å². The van der Waals surface area contributed by atoms with E-state index in [1.54, 1.807) is 0 Å². The molecule has 0 bridgehead atoms. The van der Waals surface area contributed by atoms with Gasteiger partial charge in [0.15, 0.2) is 0 Å². The molecule has 4 unspecified atom stereocenters. The van der Waals surface area contributed by atoms with Gasteiger partial charge in [0, 0.05) is 12.6 Å². The van der Waals surface area contributed by atoms with E-state index in [4.69, 9.17) is 0 Å². The summed E-state index contributed by atoms with van der Waals surface area (Å²) in [5.41, 5.74) is 0. The average Bonchev–Trinajstić information content (AvgIpc) is 2.45. The lowest BCUT2D eigenvalue weighted by Crippen LogP contribution is -2.49. The van der Waals surface area contributed by atoms with Gasteiger partial charge in [0.2, 0.25) is 0 Å². The van der Waals surface area contributed by atoms with E-state index in [0.717, 1.165) is 25.2 Å². The number of carboxylic acids is 1. The van der Waals surface area contributed by atoms with Crippen LogP contribution in [0.3, 0.4) is 0 Å². The first-order chi connectivity index (χ1) is 10.1. The van der Waals surface area contributed by atoms with E-state index >= 15 is 0 Å². The maximum Gasteiger partial charge on any atom is 0.315 e. The predicted octanol–water partition coefficient (Wildman–Crippen LogP) is 2.76. The highest BCUT2D eigenvalue weighted by molar-refractivity contribution is 5.76. The Morgan fingerprint density at radius 2 is 1.86 bits per heavy atom. The van der Waals surface area contributed by atoms with Crippen molar-refractivity contribution in [1.29, 1.82) is 0 Å². The lowest BCUT2D eigenvalue weighted by molar-refractivity contribution is -0.143. The second-order valence-electron chi connectivity index (χ2n) is 6.83. The van der Waals surface area contributed by atoms with Crippen LogP contribution in [0.2, 0.25) is 0 Å². The summed E-state index contributed by atoms with van der Waals surface area (Å²) >= 11 is 0. The third-order valence-corrected chi connectivity index (χ3v) is 5.00. The Labute approximate surface area is 126 Å². The van der Waals surface area contributed by atoms with Gasteiger partial charge in [-0.15, -0.1) is 0 Å². The number of rotatable bonds is 4. The van der Waals surface area contributed by atoms with Gasteiger partial charge >= 0.3 is 12.0 Å². The third-order valence-electron chi connectivity index (χ3n) is 5.00.